The molecule has 0 unspecified atom stereocenters. The maximum Gasteiger partial charge on any atom is 0.0408 e. The molecular formula is C6H13N. The minimum absolute atomic E-state index is 0.705. The van der Waals surface area contributed by atoms with Gasteiger partial charge >= 0.3 is 0 Å². The molecule has 0 fully saturated rings. The SMILES string of the molecule is C/C=N/CC(C)C. The van der Waals surface area contributed by atoms with E-state index in [0.717, 1.165) is 6.54 Å². The number of nitrogens with zero attached hydrogens (tertiary/aromatic N) is 1. The third-order valence-electron chi connectivity index (χ3n) is 0.653. The van der Waals surface area contributed by atoms with Crippen LogP contribution in [0.4, 0.5) is 0 Å². The molecule has 1 heteroatoms. The zero-order valence-electron chi connectivity index (χ0n) is 5.31. The van der Waals surface area contributed by atoms with Gasteiger partial charge in [0, 0.05) is 6.54 Å². The fourth-order valence-electron chi connectivity index (χ4n) is 0.316. The first kappa shape index (κ1) is 6.67. The average molecular weight is 99.2 g/mol. The highest BCUT2D eigenvalue weighted by molar-refractivity contribution is 5.53. The van der Waals surface area contributed by atoms with Crippen LogP contribution < -0.4 is 0 Å². The van der Waals surface area contributed by atoms with E-state index in [2.05, 4.69) is 18.8 Å². The van der Waals surface area contributed by atoms with Gasteiger partial charge in [0.25, 0.3) is 0 Å². The van der Waals surface area contributed by atoms with Gasteiger partial charge < -0.3 is 0 Å². The molecule has 0 amide bonds. The van der Waals surface area contributed by atoms with Crippen LogP contribution in [0.2, 0.25) is 0 Å². The quantitative estimate of drug-likeness (QED) is 0.467. The zero-order valence-corrected chi connectivity index (χ0v) is 5.31. The van der Waals surface area contributed by atoms with E-state index in [-0.39, 0.29) is 0 Å². The van der Waals surface area contributed by atoms with E-state index in [9.17, 15) is 0 Å². The molecule has 0 heterocycles. The molecule has 0 aliphatic heterocycles. The van der Waals surface area contributed by atoms with E-state index in [1.807, 2.05) is 13.1 Å². The standard InChI is InChI=1S/C6H13N/c1-4-7-5-6(2)3/h4,6H,5H2,1-3H3/b7-4+. The van der Waals surface area contributed by atoms with Gasteiger partial charge in [-0.15, -0.1) is 0 Å². The van der Waals surface area contributed by atoms with Crippen LogP contribution in [0, 0.1) is 5.92 Å². The highest BCUT2D eigenvalue weighted by Gasteiger charge is 1.84. The first-order chi connectivity index (χ1) is 3.27. The lowest BCUT2D eigenvalue weighted by atomic mass is 10.2. The highest BCUT2D eigenvalue weighted by Crippen LogP contribution is 1.89. The molecule has 0 N–H and O–H groups in total. The van der Waals surface area contributed by atoms with Crippen LogP contribution in [0.5, 0.6) is 0 Å². The lowest BCUT2D eigenvalue weighted by Gasteiger charge is -1.93. The van der Waals surface area contributed by atoms with Crippen molar-refractivity contribution in [3.8, 4) is 0 Å². The van der Waals surface area contributed by atoms with Crippen LogP contribution in [0.3, 0.4) is 0 Å². The van der Waals surface area contributed by atoms with Gasteiger partial charge in [0.1, 0.15) is 0 Å². The van der Waals surface area contributed by atoms with Crippen LogP contribution in [0.25, 0.3) is 0 Å². The average Bonchev–Trinajstić information content (AvgIpc) is 1.61. The third-order valence-corrected chi connectivity index (χ3v) is 0.653. The van der Waals surface area contributed by atoms with Crippen molar-refractivity contribution in [2.24, 2.45) is 10.9 Å². The molecule has 0 radical (unpaired) electrons. The van der Waals surface area contributed by atoms with E-state index >= 15 is 0 Å². The van der Waals surface area contributed by atoms with Gasteiger partial charge in [0.05, 0.1) is 0 Å². The monoisotopic (exact) mass is 99.1 g/mol. The molecule has 0 spiro atoms. The fraction of sp³-hybridized carbons (Fsp3) is 0.833. The topological polar surface area (TPSA) is 12.4 Å². The van der Waals surface area contributed by atoms with Gasteiger partial charge in [-0.2, -0.15) is 0 Å². The molecule has 0 aromatic heterocycles. The molecule has 0 rings (SSSR count). The second kappa shape index (κ2) is 3.85. The van der Waals surface area contributed by atoms with Crippen molar-refractivity contribution >= 4 is 6.21 Å². The second-order valence-electron chi connectivity index (χ2n) is 2.02. The Morgan fingerprint density at radius 3 is 2.29 bits per heavy atom. The van der Waals surface area contributed by atoms with E-state index < -0.39 is 0 Å². The van der Waals surface area contributed by atoms with Crippen LogP contribution in [0.1, 0.15) is 20.8 Å². The van der Waals surface area contributed by atoms with Crippen molar-refractivity contribution in [1.82, 2.24) is 0 Å². The number of hydrogen-bond donors (Lipinski definition) is 0. The molecule has 0 saturated carbocycles. The van der Waals surface area contributed by atoms with Crippen LogP contribution in [-0.2, 0) is 0 Å². The van der Waals surface area contributed by atoms with Gasteiger partial charge in [-0.3, -0.25) is 4.99 Å². The van der Waals surface area contributed by atoms with Crippen molar-refractivity contribution < 1.29 is 0 Å². The van der Waals surface area contributed by atoms with Gasteiger partial charge in [-0.1, -0.05) is 13.8 Å². The van der Waals surface area contributed by atoms with Gasteiger partial charge in [-0.25, -0.2) is 0 Å². The van der Waals surface area contributed by atoms with E-state index in [4.69, 9.17) is 0 Å². The number of rotatable bonds is 2. The summed E-state index contributed by atoms with van der Waals surface area (Å²) < 4.78 is 0. The molecule has 1 nitrogen and oxygen atoms in total. The second-order valence-corrected chi connectivity index (χ2v) is 2.02. The smallest absolute Gasteiger partial charge is 0.0408 e. The summed E-state index contributed by atoms with van der Waals surface area (Å²) in [5.74, 6) is 0.705. The summed E-state index contributed by atoms with van der Waals surface area (Å²) >= 11 is 0. The zero-order chi connectivity index (χ0) is 5.70. The van der Waals surface area contributed by atoms with E-state index in [1.54, 1.807) is 0 Å². The van der Waals surface area contributed by atoms with Gasteiger partial charge in [-0.05, 0) is 19.1 Å². The summed E-state index contributed by atoms with van der Waals surface area (Å²) in [5.41, 5.74) is 0. The lowest BCUT2D eigenvalue weighted by Crippen LogP contribution is -1.90. The van der Waals surface area contributed by atoms with Crippen molar-refractivity contribution in [3.05, 3.63) is 0 Å². The van der Waals surface area contributed by atoms with Crippen LogP contribution in [0.15, 0.2) is 4.99 Å². The number of hydrogen-bond acceptors (Lipinski definition) is 1. The Morgan fingerprint density at radius 2 is 2.14 bits per heavy atom. The normalized spacial score (nSPS) is 11.4. The Kier molecular flexibility index (Phi) is 3.67. The van der Waals surface area contributed by atoms with Crippen molar-refractivity contribution in [2.75, 3.05) is 6.54 Å². The summed E-state index contributed by atoms with van der Waals surface area (Å²) in [6, 6.07) is 0. The summed E-state index contributed by atoms with van der Waals surface area (Å²) in [4.78, 5) is 4.05. The minimum Gasteiger partial charge on any atom is -0.298 e. The third kappa shape index (κ3) is 5.67. The Balaban J connectivity index is 2.97. The van der Waals surface area contributed by atoms with Gasteiger partial charge in [0.15, 0.2) is 0 Å². The molecule has 0 aromatic carbocycles. The van der Waals surface area contributed by atoms with Crippen molar-refractivity contribution in [2.45, 2.75) is 20.8 Å². The maximum absolute atomic E-state index is 4.05. The lowest BCUT2D eigenvalue weighted by molar-refractivity contribution is 0.667. The molecule has 0 atom stereocenters. The minimum atomic E-state index is 0.705. The molecule has 0 aliphatic carbocycles. The fourth-order valence-corrected chi connectivity index (χ4v) is 0.316. The molecule has 42 valence electrons. The summed E-state index contributed by atoms with van der Waals surface area (Å²) in [6.45, 7) is 7.24. The predicted octanol–water partition coefficient (Wildman–Crippen LogP) is 1.73. The summed E-state index contributed by atoms with van der Waals surface area (Å²) in [5, 5.41) is 0. The molecule has 0 aliphatic rings. The number of aliphatic imine (C=N–C) groups is 1. The molecule has 0 bridgehead atoms. The van der Waals surface area contributed by atoms with Gasteiger partial charge in [0.2, 0.25) is 0 Å². The van der Waals surface area contributed by atoms with Crippen LogP contribution in [-0.4, -0.2) is 12.8 Å². The Labute approximate surface area is 45.5 Å². The first-order valence-electron chi connectivity index (χ1n) is 2.71. The van der Waals surface area contributed by atoms with Crippen LogP contribution >= 0.6 is 0 Å². The van der Waals surface area contributed by atoms with E-state index in [0.29, 0.717) is 5.92 Å². The summed E-state index contributed by atoms with van der Waals surface area (Å²) in [6.07, 6.45) is 1.85. The maximum atomic E-state index is 4.05. The Hall–Kier alpha value is -0.330. The molecule has 0 aromatic rings. The highest BCUT2D eigenvalue weighted by atomic mass is 14.7. The van der Waals surface area contributed by atoms with Crippen molar-refractivity contribution in [3.63, 3.8) is 0 Å². The Morgan fingerprint density at radius 1 is 1.57 bits per heavy atom. The van der Waals surface area contributed by atoms with Crippen molar-refractivity contribution in [1.29, 1.82) is 0 Å². The largest absolute Gasteiger partial charge is 0.298 e. The predicted molar refractivity (Wildman–Crippen MR) is 33.9 cm³/mol. The van der Waals surface area contributed by atoms with E-state index in [1.165, 1.54) is 0 Å². The first-order valence-corrected chi connectivity index (χ1v) is 2.71. The molecule has 7 heavy (non-hydrogen) atoms. The Bertz CT molecular complexity index is 55.2. The molecular weight excluding hydrogens is 86.1 g/mol. The molecule has 0 saturated heterocycles. The summed E-state index contributed by atoms with van der Waals surface area (Å²) in [7, 11) is 0.